The van der Waals surface area contributed by atoms with E-state index in [4.69, 9.17) is 16.3 Å². The average molecular weight is 376 g/mol. The molecule has 0 fully saturated rings. The fourth-order valence-electron chi connectivity index (χ4n) is 2.14. The van der Waals surface area contributed by atoms with Gasteiger partial charge in [0.05, 0.1) is 24.1 Å². The first-order valence-electron chi connectivity index (χ1n) is 6.90. The van der Waals surface area contributed by atoms with E-state index in [1.54, 1.807) is 19.2 Å². The van der Waals surface area contributed by atoms with Crippen LogP contribution in [0.15, 0.2) is 40.6 Å². The highest BCUT2D eigenvalue weighted by molar-refractivity contribution is 7.91. The summed E-state index contributed by atoms with van der Waals surface area (Å²) in [6, 6.07) is 9.63. The van der Waals surface area contributed by atoms with Gasteiger partial charge in [-0.2, -0.15) is 0 Å². The Labute approximate surface area is 144 Å². The molecule has 2 atom stereocenters. The second kappa shape index (κ2) is 7.63. The van der Waals surface area contributed by atoms with E-state index in [-0.39, 0.29) is 16.7 Å². The van der Waals surface area contributed by atoms with Gasteiger partial charge in [0.15, 0.2) is 0 Å². The number of hydrogen-bond donors (Lipinski definition) is 2. The monoisotopic (exact) mass is 375 g/mol. The van der Waals surface area contributed by atoms with E-state index in [0.29, 0.717) is 4.34 Å². The Morgan fingerprint density at radius 3 is 2.39 bits per heavy atom. The fourth-order valence-corrected chi connectivity index (χ4v) is 4.94. The second-order valence-corrected chi connectivity index (χ2v) is 8.69. The smallest absolute Gasteiger partial charge is 0.250 e. The van der Waals surface area contributed by atoms with Crippen LogP contribution in [0.5, 0.6) is 5.75 Å². The molecule has 126 valence electrons. The predicted octanol–water partition coefficient (Wildman–Crippen LogP) is 2.85. The molecule has 2 aromatic rings. The van der Waals surface area contributed by atoms with Crippen LogP contribution < -0.4 is 9.46 Å². The van der Waals surface area contributed by atoms with Gasteiger partial charge in [-0.1, -0.05) is 30.7 Å². The molecule has 5 nitrogen and oxygen atoms in total. The molecule has 0 aliphatic carbocycles. The summed E-state index contributed by atoms with van der Waals surface area (Å²) in [5.74, 6) is 0.506. The van der Waals surface area contributed by atoms with Crippen LogP contribution in [0.2, 0.25) is 4.34 Å². The molecule has 0 saturated heterocycles. The lowest BCUT2D eigenvalue weighted by atomic mass is 9.94. The van der Waals surface area contributed by atoms with Crippen LogP contribution in [0.1, 0.15) is 18.4 Å². The number of ether oxygens (including phenoxy) is 1. The van der Waals surface area contributed by atoms with Crippen LogP contribution in [-0.4, -0.2) is 33.3 Å². The van der Waals surface area contributed by atoms with Crippen molar-refractivity contribution in [2.24, 2.45) is 0 Å². The van der Waals surface area contributed by atoms with Gasteiger partial charge in [-0.15, -0.1) is 11.3 Å². The zero-order valence-corrected chi connectivity index (χ0v) is 15.1. The minimum absolute atomic E-state index is 0.128. The molecule has 8 heteroatoms. The van der Waals surface area contributed by atoms with Crippen LogP contribution in [0.25, 0.3) is 0 Å². The molecule has 0 amide bonds. The third-order valence-corrected chi connectivity index (χ3v) is 6.77. The van der Waals surface area contributed by atoms with Gasteiger partial charge < -0.3 is 9.84 Å². The molecule has 0 aliphatic rings. The minimum Gasteiger partial charge on any atom is -0.497 e. The molecule has 2 N–H and O–H groups in total. The van der Waals surface area contributed by atoms with Gasteiger partial charge in [0.25, 0.3) is 0 Å². The van der Waals surface area contributed by atoms with Crippen molar-refractivity contribution in [2.75, 3.05) is 13.7 Å². The number of halogens is 1. The van der Waals surface area contributed by atoms with Crippen molar-refractivity contribution in [3.05, 3.63) is 46.3 Å². The second-order valence-electron chi connectivity index (χ2n) is 5.03. The first-order valence-corrected chi connectivity index (χ1v) is 9.57. The Morgan fingerprint density at radius 2 is 1.91 bits per heavy atom. The number of hydrogen-bond acceptors (Lipinski definition) is 5. The number of sulfonamides is 1. The van der Waals surface area contributed by atoms with E-state index in [0.717, 1.165) is 22.6 Å². The fraction of sp³-hybridized carbons (Fsp3) is 0.333. The Bertz CT molecular complexity index is 743. The van der Waals surface area contributed by atoms with Crippen molar-refractivity contribution < 1.29 is 18.3 Å². The molecule has 1 aromatic heterocycles. The van der Waals surface area contributed by atoms with Crippen molar-refractivity contribution in [1.82, 2.24) is 4.72 Å². The topological polar surface area (TPSA) is 75.6 Å². The molecule has 23 heavy (non-hydrogen) atoms. The summed E-state index contributed by atoms with van der Waals surface area (Å²) in [6.07, 6.45) is 0. The molecule has 0 aliphatic heterocycles. The molecule has 2 rings (SSSR count). The lowest BCUT2D eigenvalue weighted by Crippen LogP contribution is -2.40. The zero-order valence-electron chi connectivity index (χ0n) is 12.7. The molecule has 0 spiro atoms. The number of rotatable bonds is 7. The van der Waals surface area contributed by atoms with E-state index < -0.39 is 16.1 Å². The number of thiophene rings is 1. The number of aliphatic hydroxyl groups is 1. The van der Waals surface area contributed by atoms with Gasteiger partial charge in [0, 0.05) is 0 Å². The molecular weight excluding hydrogens is 358 g/mol. The van der Waals surface area contributed by atoms with E-state index in [2.05, 4.69) is 4.72 Å². The third-order valence-electron chi connectivity index (χ3n) is 3.56. The summed E-state index contributed by atoms with van der Waals surface area (Å²) in [5.41, 5.74) is 0.900. The summed E-state index contributed by atoms with van der Waals surface area (Å²) in [5, 5.41) is 9.60. The summed E-state index contributed by atoms with van der Waals surface area (Å²) in [4.78, 5) is 0. The van der Waals surface area contributed by atoms with Gasteiger partial charge >= 0.3 is 0 Å². The molecule has 0 saturated carbocycles. The van der Waals surface area contributed by atoms with Crippen molar-refractivity contribution in [3.63, 3.8) is 0 Å². The number of methoxy groups -OCH3 is 1. The van der Waals surface area contributed by atoms with Gasteiger partial charge in [-0.05, 0) is 35.7 Å². The zero-order chi connectivity index (χ0) is 17.0. The maximum atomic E-state index is 12.4. The quantitative estimate of drug-likeness (QED) is 0.780. The summed E-state index contributed by atoms with van der Waals surface area (Å²) >= 11 is 6.77. The number of benzene rings is 1. The Hall–Kier alpha value is -1.12. The molecular formula is C15H18ClNO4S2. The highest BCUT2D eigenvalue weighted by atomic mass is 35.5. The normalized spacial score (nSPS) is 14.4. The Kier molecular flexibility index (Phi) is 6.05. The standard InChI is InChI=1S/C15H18ClNO4S2/c1-10(11-3-5-12(21-2)6-4-11)13(9-18)17-23(19,20)15-8-7-14(16)22-15/h3-8,10,13,17-18H,9H2,1-2H3/t10-,13-/m1/s1. The van der Waals surface area contributed by atoms with Crippen LogP contribution >= 0.6 is 22.9 Å². The third kappa shape index (κ3) is 4.45. The van der Waals surface area contributed by atoms with Crippen molar-refractivity contribution in [3.8, 4) is 5.75 Å². The highest BCUT2D eigenvalue weighted by Gasteiger charge is 2.26. The highest BCUT2D eigenvalue weighted by Crippen LogP contribution is 2.27. The largest absolute Gasteiger partial charge is 0.497 e. The van der Waals surface area contributed by atoms with Gasteiger partial charge in [0.2, 0.25) is 10.0 Å². The van der Waals surface area contributed by atoms with E-state index >= 15 is 0 Å². The molecule has 0 unspecified atom stereocenters. The summed E-state index contributed by atoms with van der Waals surface area (Å²) < 4.78 is 32.9. The van der Waals surface area contributed by atoms with Crippen LogP contribution in [0.4, 0.5) is 0 Å². The molecule has 0 bridgehead atoms. The van der Waals surface area contributed by atoms with Gasteiger partial charge in [0.1, 0.15) is 9.96 Å². The van der Waals surface area contributed by atoms with Crippen LogP contribution in [0.3, 0.4) is 0 Å². The molecule has 1 aromatic carbocycles. The Morgan fingerprint density at radius 1 is 1.26 bits per heavy atom. The minimum atomic E-state index is -3.72. The Balaban J connectivity index is 2.18. The lowest BCUT2D eigenvalue weighted by Gasteiger charge is -2.23. The molecule has 0 radical (unpaired) electrons. The van der Waals surface area contributed by atoms with Crippen molar-refractivity contribution in [1.29, 1.82) is 0 Å². The van der Waals surface area contributed by atoms with Crippen molar-refractivity contribution >= 4 is 33.0 Å². The maximum absolute atomic E-state index is 12.4. The summed E-state index contributed by atoms with van der Waals surface area (Å²) in [7, 11) is -2.14. The maximum Gasteiger partial charge on any atom is 0.250 e. The summed E-state index contributed by atoms with van der Waals surface area (Å²) in [6.45, 7) is 1.54. The molecule has 1 heterocycles. The number of aliphatic hydroxyl groups excluding tert-OH is 1. The van der Waals surface area contributed by atoms with E-state index in [9.17, 15) is 13.5 Å². The number of nitrogens with one attached hydrogen (secondary N) is 1. The first kappa shape index (κ1) is 18.2. The van der Waals surface area contributed by atoms with E-state index in [1.165, 1.54) is 12.1 Å². The average Bonchev–Trinajstić information content (AvgIpc) is 2.99. The van der Waals surface area contributed by atoms with Crippen LogP contribution in [-0.2, 0) is 10.0 Å². The van der Waals surface area contributed by atoms with Gasteiger partial charge in [-0.25, -0.2) is 13.1 Å². The first-order chi connectivity index (χ1) is 10.9. The van der Waals surface area contributed by atoms with E-state index in [1.807, 2.05) is 19.1 Å². The van der Waals surface area contributed by atoms with Crippen molar-refractivity contribution in [2.45, 2.75) is 23.1 Å². The predicted molar refractivity (Wildman–Crippen MR) is 91.9 cm³/mol. The van der Waals surface area contributed by atoms with Crippen LogP contribution in [0, 0.1) is 0 Å². The SMILES string of the molecule is COc1ccc([C@@H](C)[C@@H](CO)NS(=O)(=O)c2ccc(Cl)s2)cc1. The van der Waals surface area contributed by atoms with Gasteiger partial charge in [-0.3, -0.25) is 0 Å². The lowest BCUT2D eigenvalue weighted by molar-refractivity contribution is 0.242.